The minimum absolute atomic E-state index is 0.0853. The van der Waals surface area contributed by atoms with Crippen molar-refractivity contribution in [3.05, 3.63) is 57.7 Å². The molecule has 0 aliphatic heterocycles. The van der Waals surface area contributed by atoms with Gasteiger partial charge in [0.15, 0.2) is 12.4 Å². The van der Waals surface area contributed by atoms with Crippen LogP contribution in [0, 0.1) is 3.57 Å². The molecule has 3 rings (SSSR count). The van der Waals surface area contributed by atoms with Crippen LogP contribution in [0.2, 0.25) is 0 Å². The molecule has 0 spiro atoms. The van der Waals surface area contributed by atoms with Crippen molar-refractivity contribution in [2.45, 2.75) is 6.61 Å². The molecule has 0 N–H and O–H groups in total. The highest BCUT2D eigenvalue weighted by atomic mass is 127. The molecule has 2 heterocycles. The number of nitrogens with zero attached hydrogens (tertiary/aromatic N) is 2. The highest BCUT2D eigenvalue weighted by molar-refractivity contribution is 14.1. The van der Waals surface area contributed by atoms with E-state index in [1.807, 2.05) is 6.07 Å². The molecule has 0 amide bonds. The van der Waals surface area contributed by atoms with Gasteiger partial charge in [-0.3, -0.25) is 0 Å². The van der Waals surface area contributed by atoms with E-state index in [-0.39, 0.29) is 18.4 Å². The average Bonchev–Trinajstić information content (AvgIpc) is 3.15. The fraction of sp³-hybridized carbons (Fsp3) is 0.0714. The van der Waals surface area contributed by atoms with Gasteiger partial charge in [-0.15, -0.1) is 10.2 Å². The average molecular weight is 396 g/mol. The normalized spacial score (nSPS) is 10.5. The Bertz CT molecular complexity index is 752. The molecule has 106 valence electrons. The number of ether oxygens (including phenoxy) is 1. The SMILES string of the molecule is O=C(OCc1nnc(-c2ccco2)o1)c1cccc(I)c1. The third-order valence-electron chi connectivity index (χ3n) is 2.59. The second-order valence-corrected chi connectivity index (χ2v) is 5.31. The highest BCUT2D eigenvalue weighted by Crippen LogP contribution is 2.18. The summed E-state index contributed by atoms with van der Waals surface area (Å²) in [6, 6.07) is 10.5. The van der Waals surface area contributed by atoms with Gasteiger partial charge < -0.3 is 13.6 Å². The molecule has 0 aliphatic rings. The first-order valence-electron chi connectivity index (χ1n) is 6.01. The van der Waals surface area contributed by atoms with Gasteiger partial charge in [0.25, 0.3) is 11.8 Å². The summed E-state index contributed by atoms with van der Waals surface area (Å²) >= 11 is 2.13. The van der Waals surface area contributed by atoms with Crippen molar-refractivity contribution >= 4 is 28.6 Å². The highest BCUT2D eigenvalue weighted by Gasteiger charge is 2.13. The Labute approximate surface area is 133 Å². The summed E-state index contributed by atoms with van der Waals surface area (Å²) in [4.78, 5) is 11.9. The van der Waals surface area contributed by atoms with Crippen molar-refractivity contribution in [3.8, 4) is 11.7 Å². The fourth-order valence-corrected chi connectivity index (χ4v) is 2.18. The van der Waals surface area contributed by atoms with Gasteiger partial charge in [-0.05, 0) is 52.9 Å². The van der Waals surface area contributed by atoms with Gasteiger partial charge >= 0.3 is 5.97 Å². The number of halogens is 1. The van der Waals surface area contributed by atoms with Gasteiger partial charge in [0.2, 0.25) is 0 Å². The van der Waals surface area contributed by atoms with Gasteiger partial charge in [-0.2, -0.15) is 0 Å². The number of furan rings is 1. The van der Waals surface area contributed by atoms with E-state index in [0.29, 0.717) is 11.3 Å². The minimum Gasteiger partial charge on any atom is -0.459 e. The number of carbonyl (C=O) groups is 1. The van der Waals surface area contributed by atoms with Gasteiger partial charge in [-0.25, -0.2) is 4.79 Å². The minimum atomic E-state index is -0.439. The van der Waals surface area contributed by atoms with Crippen LogP contribution in [0.25, 0.3) is 11.7 Å². The third-order valence-corrected chi connectivity index (χ3v) is 3.26. The van der Waals surface area contributed by atoms with E-state index in [2.05, 4.69) is 32.8 Å². The smallest absolute Gasteiger partial charge is 0.338 e. The number of benzene rings is 1. The molecular weight excluding hydrogens is 387 g/mol. The maximum absolute atomic E-state index is 11.9. The number of esters is 1. The zero-order valence-corrected chi connectivity index (χ0v) is 12.8. The van der Waals surface area contributed by atoms with Crippen molar-refractivity contribution in [2.24, 2.45) is 0 Å². The van der Waals surface area contributed by atoms with Crippen LogP contribution in [0.15, 0.2) is 51.5 Å². The first kappa shape index (κ1) is 13.8. The van der Waals surface area contributed by atoms with Crippen molar-refractivity contribution in [2.75, 3.05) is 0 Å². The van der Waals surface area contributed by atoms with Crippen LogP contribution in [0.3, 0.4) is 0 Å². The van der Waals surface area contributed by atoms with E-state index in [4.69, 9.17) is 13.6 Å². The van der Waals surface area contributed by atoms with Gasteiger partial charge in [0.1, 0.15) is 0 Å². The van der Waals surface area contributed by atoms with Crippen molar-refractivity contribution < 1.29 is 18.4 Å². The lowest BCUT2D eigenvalue weighted by molar-refractivity contribution is 0.0438. The molecule has 7 heteroatoms. The molecule has 0 atom stereocenters. The molecular formula is C14H9IN2O4. The largest absolute Gasteiger partial charge is 0.459 e. The summed E-state index contributed by atoms with van der Waals surface area (Å²) in [5.74, 6) is 0.490. The number of hydrogen-bond donors (Lipinski definition) is 0. The van der Waals surface area contributed by atoms with Crippen LogP contribution in [0.1, 0.15) is 16.2 Å². The Morgan fingerprint density at radius 2 is 2.14 bits per heavy atom. The summed E-state index contributed by atoms with van der Waals surface area (Å²) in [5, 5.41) is 7.62. The predicted octanol–water partition coefficient (Wildman–Crippen LogP) is 3.29. The van der Waals surface area contributed by atoms with Crippen LogP contribution >= 0.6 is 22.6 Å². The molecule has 0 unspecified atom stereocenters. The van der Waals surface area contributed by atoms with Crippen LogP contribution in [0.4, 0.5) is 0 Å². The Morgan fingerprint density at radius 1 is 1.24 bits per heavy atom. The van der Waals surface area contributed by atoms with Crippen molar-refractivity contribution in [3.63, 3.8) is 0 Å². The topological polar surface area (TPSA) is 78.4 Å². The van der Waals surface area contributed by atoms with E-state index >= 15 is 0 Å². The Balaban J connectivity index is 1.64. The molecule has 2 aromatic heterocycles. The lowest BCUT2D eigenvalue weighted by Crippen LogP contribution is -2.05. The quantitative estimate of drug-likeness (QED) is 0.498. The molecule has 21 heavy (non-hydrogen) atoms. The summed E-state index contributed by atoms with van der Waals surface area (Å²) in [7, 11) is 0. The number of hydrogen-bond acceptors (Lipinski definition) is 6. The molecule has 0 saturated heterocycles. The lowest BCUT2D eigenvalue weighted by atomic mass is 10.2. The van der Waals surface area contributed by atoms with E-state index in [9.17, 15) is 4.79 Å². The van der Waals surface area contributed by atoms with Gasteiger partial charge in [0, 0.05) is 3.57 Å². The van der Waals surface area contributed by atoms with Crippen molar-refractivity contribution in [1.29, 1.82) is 0 Å². The monoisotopic (exact) mass is 396 g/mol. The molecule has 1 aromatic carbocycles. The standard InChI is InChI=1S/C14H9IN2O4/c15-10-4-1-3-9(7-10)14(18)20-8-12-16-17-13(21-12)11-5-2-6-19-11/h1-7H,8H2. The molecule has 3 aromatic rings. The summed E-state index contributed by atoms with van der Waals surface area (Å²) in [6.45, 7) is -0.0853. The van der Waals surface area contributed by atoms with Crippen LogP contribution in [-0.4, -0.2) is 16.2 Å². The van der Waals surface area contributed by atoms with E-state index in [1.54, 1.807) is 30.3 Å². The molecule has 0 saturated carbocycles. The fourth-order valence-electron chi connectivity index (χ4n) is 1.64. The second-order valence-electron chi connectivity index (χ2n) is 4.06. The van der Waals surface area contributed by atoms with Crippen LogP contribution in [-0.2, 0) is 11.3 Å². The van der Waals surface area contributed by atoms with Crippen LogP contribution in [0.5, 0.6) is 0 Å². The van der Waals surface area contributed by atoms with E-state index in [0.717, 1.165) is 3.57 Å². The summed E-state index contributed by atoms with van der Waals surface area (Å²) in [5.41, 5.74) is 0.479. The molecule has 0 aliphatic carbocycles. The van der Waals surface area contributed by atoms with Gasteiger partial charge in [0.05, 0.1) is 11.8 Å². The van der Waals surface area contributed by atoms with Crippen molar-refractivity contribution in [1.82, 2.24) is 10.2 Å². The molecule has 6 nitrogen and oxygen atoms in total. The maximum Gasteiger partial charge on any atom is 0.338 e. The predicted molar refractivity (Wildman–Crippen MR) is 80.3 cm³/mol. The van der Waals surface area contributed by atoms with E-state index < -0.39 is 5.97 Å². The zero-order valence-electron chi connectivity index (χ0n) is 10.7. The Hall–Kier alpha value is -2.16. The third kappa shape index (κ3) is 3.30. The number of carbonyl (C=O) groups excluding carboxylic acids is 1. The summed E-state index contributed by atoms with van der Waals surface area (Å²) < 4.78 is 16.6. The molecule has 0 fully saturated rings. The Morgan fingerprint density at radius 3 is 2.90 bits per heavy atom. The first-order valence-corrected chi connectivity index (χ1v) is 7.09. The second kappa shape index (κ2) is 6.08. The van der Waals surface area contributed by atoms with E-state index in [1.165, 1.54) is 6.26 Å². The zero-order chi connectivity index (χ0) is 14.7. The molecule has 0 radical (unpaired) electrons. The Kier molecular flexibility index (Phi) is 4.00. The molecule has 0 bridgehead atoms. The van der Waals surface area contributed by atoms with Crippen LogP contribution < -0.4 is 0 Å². The lowest BCUT2D eigenvalue weighted by Gasteiger charge is -2.02. The first-order chi connectivity index (χ1) is 10.2. The van der Waals surface area contributed by atoms with Gasteiger partial charge in [-0.1, -0.05) is 6.07 Å². The maximum atomic E-state index is 11.9. The summed E-state index contributed by atoms with van der Waals surface area (Å²) in [6.07, 6.45) is 1.51. The number of aromatic nitrogens is 2. The number of rotatable bonds is 4.